The maximum Gasteiger partial charge on any atom is 0.373 e. The van der Waals surface area contributed by atoms with Gasteiger partial charge in [-0.2, -0.15) is 0 Å². The van der Waals surface area contributed by atoms with Crippen LogP contribution in [0.15, 0.2) is 6.07 Å². The van der Waals surface area contributed by atoms with Crippen LogP contribution in [-0.2, 0) is 0 Å². The minimum atomic E-state index is -2.75. The van der Waals surface area contributed by atoms with Gasteiger partial charge in [0.1, 0.15) is 0 Å². The molecule has 0 saturated heterocycles. The topological polar surface area (TPSA) is 0 Å². The molecule has 0 aliphatic rings. The Morgan fingerprint density at radius 3 is 1.79 bits per heavy atom. The van der Waals surface area contributed by atoms with Crippen molar-refractivity contribution in [3.63, 3.8) is 0 Å². The van der Waals surface area contributed by atoms with Crippen molar-refractivity contribution in [2.24, 2.45) is 0 Å². The molecule has 0 N–H and O–H groups in total. The van der Waals surface area contributed by atoms with Gasteiger partial charge in [-0.05, 0) is 55.1 Å². The van der Waals surface area contributed by atoms with Gasteiger partial charge in [-0.3, -0.25) is 0 Å². The average Bonchev–Trinajstić information content (AvgIpc) is 2.06. The maximum absolute atomic E-state index is 6.03. The van der Waals surface area contributed by atoms with Gasteiger partial charge in [-0.25, -0.2) is 0 Å². The van der Waals surface area contributed by atoms with E-state index in [0.29, 0.717) is 0 Å². The van der Waals surface area contributed by atoms with Crippen LogP contribution >= 0.6 is 33.2 Å². The Morgan fingerprint density at radius 2 is 1.36 bits per heavy atom. The van der Waals surface area contributed by atoms with E-state index in [2.05, 4.69) is 20.8 Å². The fraction of sp³-hybridized carbons (Fsp3) is 0.400. The lowest BCUT2D eigenvalue weighted by Gasteiger charge is -2.17. The summed E-state index contributed by atoms with van der Waals surface area (Å²) in [5.41, 5.74) is 4.84. The van der Waals surface area contributed by atoms with Gasteiger partial charge in [0, 0.05) is 0 Å². The summed E-state index contributed by atoms with van der Waals surface area (Å²) in [5, 5.41) is 0.920. The van der Waals surface area contributed by atoms with E-state index in [-0.39, 0.29) is 0 Å². The highest BCUT2D eigenvalue weighted by Crippen LogP contribution is 2.25. The van der Waals surface area contributed by atoms with Gasteiger partial charge in [-0.1, -0.05) is 6.07 Å². The monoisotopic (exact) mass is 266 g/mol. The molecular weight excluding hydrogens is 255 g/mol. The van der Waals surface area contributed by atoms with Gasteiger partial charge in [-0.15, -0.1) is 33.2 Å². The molecule has 0 radical (unpaired) electrons. The van der Waals surface area contributed by atoms with Gasteiger partial charge in [0.25, 0.3) is 0 Å². The van der Waals surface area contributed by atoms with E-state index in [0.717, 1.165) is 10.8 Å². The predicted molar refractivity (Wildman–Crippen MR) is 68.3 cm³/mol. The van der Waals surface area contributed by atoms with Crippen molar-refractivity contribution in [1.82, 2.24) is 0 Å². The molecule has 4 heteroatoms. The molecule has 0 unspecified atom stereocenters. The SMILES string of the molecule is Cc1cc([Si](Cl)(Cl)Cl)c(C)c(C)c1C. The van der Waals surface area contributed by atoms with E-state index in [1.165, 1.54) is 16.7 Å². The Morgan fingerprint density at radius 1 is 0.857 bits per heavy atom. The predicted octanol–water partition coefficient (Wildman–Crippen LogP) is 3.78. The Hall–Kier alpha value is 0.307. The molecule has 0 nitrogen and oxygen atoms in total. The van der Waals surface area contributed by atoms with Gasteiger partial charge in [0.05, 0.1) is 0 Å². The van der Waals surface area contributed by atoms with Crippen molar-refractivity contribution >= 4 is 44.4 Å². The number of hydrogen-bond donors (Lipinski definition) is 0. The van der Waals surface area contributed by atoms with Crippen LogP contribution in [-0.4, -0.2) is 6.00 Å². The van der Waals surface area contributed by atoms with Crippen LogP contribution in [0.25, 0.3) is 0 Å². The standard InChI is InChI=1S/C10H13Cl3Si/c1-6-5-10(14(11,12)13)9(4)8(3)7(6)2/h5H,1-4H3. The zero-order valence-corrected chi connectivity index (χ0v) is 12.0. The summed E-state index contributed by atoms with van der Waals surface area (Å²) in [7, 11) is 0. The molecule has 0 aliphatic heterocycles. The number of aryl methyl sites for hydroxylation is 1. The molecule has 1 aromatic carbocycles. The summed E-state index contributed by atoms with van der Waals surface area (Å²) in [5.74, 6) is 0. The van der Waals surface area contributed by atoms with E-state index < -0.39 is 6.00 Å². The van der Waals surface area contributed by atoms with E-state index in [1.807, 2.05) is 13.0 Å². The molecule has 0 spiro atoms. The van der Waals surface area contributed by atoms with Gasteiger partial charge in [0.2, 0.25) is 0 Å². The fourth-order valence-corrected chi connectivity index (χ4v) is 4.27. The van der Waals surface area contributed by atoms with Crippen molar-refractivity contribution in [1.29, 1.82) is 0 Å². The molecule has 0 aromatic heterocycles. The van der Waals surface area contributed by atoms with Crippen molar-refractivity contribution in [2.75, 3.05) is 0 Å². The van der Waals surface area contributed by atoms with E-state index >= 15 is 0 Å². The summed E-state index contributed by atoms with van der Waals surface area (Å²) in [6.45, 7) is 8.25. The van der Waals surface area contributed by atoms with E-state index in [9.17, 15) is 0 Å². The summed E-state index contributed by atoms with van der Waals surface area (Å²) < 4.78 is 0. The second-order valence-electron chi connectivity index (χ2n) is 3.61. The van der Waals surface area contributed by atoms with E-state index in [4.69, 9.17) is 33.2 Å². The van der Waals surface area contributed by atoms with Crippen LogP contribution in [0, 0.1) is 27.7 Å². The van der Waals surface area contributed by atoms with Crippen molar-refractivity contribution < 1.29 is 0 Å². The first-order chi connectivity index (χ1) is 6.25. The number of benzene rings is 1. The lowest BCUT2D eigenvalue weighted by Crippen LogP contribution is -2.33. The Labute approximate surface area is 100 Å². The first-order valence-corrected chi connectivity index (χ1v) is 9.43. The highest BCUT2D eigenvalue weighted by atomic mass is 35.8. The third-order valence-corrected chi connectivity index (χ3v) is 5.75. The molecule has 0 saturated carbocycles. The minimum absolute atomic E-state index is 0.920. The van der Waals surface area contributed by atoms with Crippen LogP contribution in [0.4, 0.5) is 0 Å². The van der Waals surface area contributed by atoms with Crippen molar-refractivity contribution in [2.45, 2.75) is 27.7 Å². The molecule has 1 aromatic rings. The lowest BCUT2D eigenvalue weighted by atomic mass is 10.00. The lowest BCUT2D eigenvalue weighted by molar-refractivity contribution is 1.23. The summed E-state index contributed by atoms with van der Waals surface area (Å²) >= 11 is 18.1. The Bertz CT molecular complexity index is 367. The van der Waals surface area contributed by atoms with Crippen LogP contribution < -0.4 is 5.19 Å². The number of halogens is 3. The average molecular weight is 268 g/mol. The maximum atomic E-state index is 6.03. The summed E-state index contributed by atoms with van der Waals surface area (Å²) in [6, 6.07) is -0.736. The fourth-order valence-electron chi connectivity index (χ4n) is 1.51. The largest absolute Gasteiger partial charge is 0.373 e. The summed E-state index contributed by atoms with van der Waals surface area (Å²) in [4.78, 5) is 0. The number of rotatable bonds is 1. The van der Waals surface area contributed by atoms with Gasteiger partial charge < -0.3 is 0 Å². The molecule has 14 heavy (non-hydrogen) atoms. The van der Waals surface area contributed by atoms with Gasteiger partial charge >= 0.3 is 6.00 Å². The zero-order chi connectivity index (χ0) is 11.1. The second kappa shape index (κ2) is 4.05. The molecule has 0 bridgehead atoms. The zero-order valence-electron chi connectivity index (χ0n) is 8.71. The highest BCUT2D eigenvalue weighted by molar-refractivity contribution is 7.69. The molecule has 0 amide bonds. The van der Waals surface area contributed by atoms with E-state index in [1.54, 1.807) is 0 Å². The third-order valence-electron chi connectivity index (χ3n) is 2.79. The molecular formula is C10H13Cl3Si. The van der Waals surface area contributed by atoms with Crippen LogP contribution in [0.2, 0.25) is 0 Å². The van der Waals surface area contributed by atoms with Crippen LogP contribution in [0.1, 0.15) is 22.3 Å². The third kappa shape index (κ3) is 2.27. The summed E-state index contributed by atoms with van der Waals surface area (Å²) in [6.07, 6.45) is 0. The Balaban J connectivity index is 3.49. The first kappa shape index (κ1) is 12.4. The quantitative estimate of drug-likeness (QED) is 0.537. The molecule has 0 atom stereocenters. The molecule has 78 valence electrons. The molecule has 0 aliphatic carbocycles. The second-order valence-corrected chi connectivity index (χ2v) is 12.0. The molecule has 0 heterocycles. The minimum Gasteiger partial charge on any atom is -0.121 e. The molecule has 1 rings (SSSR count). The highest BCUT2D eigenvalue weighted by Gasteiger charge is 2.30. The van der Waals surface area contributed by atoms with Crippen molar-refractivity contribution in [3.8, 4) is 0 Å². The first-order valence-electron chi connectivity index (χ1n) is 4.39. The Kier molecular flexibility index (Phi) is 3.58. The smallest absolute Gasteiger partial charge is 0.121 e. The van der Waals surface area contributed by atoms with Crippen LogP contribution in [0.3, 0.4) is 0 Å². The van der Waals surface area contributed by atoms with Crippen molar-refractivity contribution in [3.05, 3.63) is 28.3 Å². The number of hydrogen-bond acceptors (Lipinski definition) is 0. The normalized spacial score (nSPS) is 11.9. The molecule has 0 fully saturated rings. The van der Waals surface area contributed by atoms with Gasteiger partial charge in [0.15, 0.2) is 0 Å². The van der Waals surface area contributed by atoms with Crippen LogP contribution in [0.5, 0.6) is 0 Å².